The Morgan fingerprint density at radius 2 is 2.04 bits per heavy atom. The molecule has 9 heteroatoms. The zero-order valence-corrected chi connectivity index (χ0v) is 16.5. The van der Waals surface area contributed by atoms with Crippen LogP contribution >= 0.6 is 15.9 Å². The first-order valence-corrected chi connectivity index (χ1v) is 8.52. The Bertz CT molecular complexity index is 784. The highest BCUT2D eigenvalue weighted by Crippen LogP contribution is 2.37. The fraction of sp³-hybridized carbons (Fsp3) is 0.353. The van der Waals surface area contributed by atoms with Crippen LogP contribution in [0.25, 0.3) is 11.3 Å². The van der Waals surface area contributed by atoms with Crippen molar-refractivity contribution in [2.75, 3.05) is 19.0 Å². The van der Waals surface area contributed by atoms with Gasteiger partial charge >= 0.3 is 6.09 Å². The minimum Gasteiger partial charge on any atom is -0.496 e. The molecule has 2 rings (SSSR count). The predicted octanol–water partition coefficient (Wildman–Crippen LogP) is 3.58. The molecule has 0 aliphatic rings. The van der Waals surface area contributed by atoms with Crippen molar-refractivity contribution < 1.29 is 23.5 Å². The van der Waals surface area contributed by atoms with E-state index < -0.39 is 17.6 Å². The maximum absolute atomic E-state index is 12.1. The van der Waals surface area contributed by atoms with Crippen LogP contribution < -0.4 is 15.4 Å². The molecule has 1 aromatic heterocycles. The maximum Gasteiger partial charge on any atom is 0.408 e. The van der Waals surface area contributed by atoms with E-state index in [0.29, 0.717) is 27.2 Å². The Hall–Kier alpha value is -2.55. The van der Waals surface area contributed by atoms with Crippen LogP contribution in [0.4, 0.5) is 10.5 Å². The highest BCUT2D eigenvalue weighted by Gasteiger charge is 2.18. The molecule has 0 radical (unpaired) electrons. The van der Waals surface area contributed by atoms with Gasteiger partial charge in [0, 0.05) is 10.5 Å². The van der Waals surface area contributed by atoms with Crippen LogP contribution in [0.15, 0.2) is 33.6 Å². The molecule has 0 saturated carbocycles. The number of nitrogens with one attached hydrogen (secondary N) is 2. The van der Waals surface area contributed by atoms with Crippen LogP contribution in [0.2, 0.25) is 0 Å². The number of halogens is 1. The number of hydrogen-bond acceptors (Lipinski definition) is 6. The molecule has 0 unspecified atom stereocenters. The largest absolute Gasteiger partial charge is 0.496 e. The Morgan fingerprint density at radius 3 is 2.62 bits per heavy atom. The van der Waals surface area contributed by atoms with Gasteiger partial charge in [0.1, 0.15) is 17.9 Å². The fourth-order valence-electron chi connectivity index (χ4n) is 2.02. The second-order valence-corrected chi connectivity index (χ2v) is 7.16. The van der Waals surface area contributed by atoms with Gasteiger partial charge in [0.25, 0.3) is 0 Å². The normalized spacial score (nSPS) is 11.0. The molecule has 0 bridgehead atoms. The summed E-state index contributed by atoms with van der Waals surface area (Å²) in [7, 11) is 1.51. The van der Waals surface area contributed by atoms with Gasteiger partial charge in [-0.1, -0.05) is 0 Å². The number of anilines is 1. The van der Waals surface area contributed by atoms with E-state index in [2.05, 4.69) is 31.5 Å². The molecule has 26 heavy (non-hydrogen) atoms. The van der Waals surface area contributed by atoms with E-state index in [4.69, 9.17) is 13.9 Å². The molecule has 0 aliphatic heterocycles. The van der Waals surface area contributed by atoms with Crippen molar-refractivity contribution in [1.29, 1.82) is 0 Å². The monoisotopic (exact) mass is 425 g/mol. The Balaban J connectivity index is 2.05. The smallest absolute Gasteiger partial charge is 0.408 e. The molecule has 8 nitrogen and oxygen atoms in total. The van der Waals surface area contributed by atoms with Gasteiger partial charge in [0.2, 0.25) is 5.91 Å². The Morgan fingerprint density at radius 1 is 1.31 bits per heavy atom. The number of amides is 2. The molecule has 140 valence electrons. The van der Waals surface area contributed by atoms with E-state index in [1.165, 1.54) is 13.5 Å². The summed E-state index contributed by atoms with van der Waals surface area (Å²) in [6.45, 7) is 5.00. The fourth-order valence-corrected chi connectivity index (χ4v) is 2.46. The number of ether oxygens (including phenoxy) is 2. The van der Waals surface area contributed by atoms with Crippen LogP contribution in [0.3, 0.4) is 0 Å². The summed E-state index contributed by atoms with van der Waals surface area (Å²) in [6.07, 6.45) is 2.22. The number of oxazole rings is 1. The minimum atomic E-state index is -0.662. The third kappa shape index (κ3) is 5.48. The van der Waals surface area contributed by atoms with Crippen LogP contribution in [-0.4, -0.2) is 36.2 Å². The van der Waals surface area contributed by atoms with Crippen molar-refractivity contribution >= 4 is 33.6 Å². The highest BCUT2D eigenvalue weighted by molar-refractivity contribution is 9.10. The van der Waals surface area contributed by atoms with Crippen LogP contribution in [0.5, 0.6) is 5.75 Å². The Kier molecular flexibility index (Phi) is 6.25. The molecule has 0 aliphatic carbocycles. The highest BCUT2D eigenvalue weighted by atomic mass is 79.9. The van der Waals surface area contributed by atoms with Crippen molar-refractivity contribution in [2.45, 2.75) is 26.4 Å². The maximum atomic E-state index is 12.1. The van der Waals surface area contributed by atoms with E-state index >= 15 is 0 Å². The third-order valence-corrected chi connectivity index (χ3v) is 3.71. The molecular formula is C17H20BrN3O5. The molecule has 0 atom stereocenters. The predicted molar refractivity (Wildman–Crippen MR) is 99.1 cm³/mol. The summed E-state index contributed by atoms with van der Waals surface area (Å²) in [5, 5.41) is 5.09. The number of methoxy groups -OCH3 is 1. The van der Waals surface area contributed by atoms with E-state index in [1.54, 1.807) is 39.1 Å². The summed E-state index contributed by atoms with van der Waals surface area (Å²) in [6, 6.07) is 3.39. The number of alkyl carbamates (subject to hydrolysis) is 1. The molecule has 0 saturated heterocycles. The standard InChI is InChI=1S/C17H20BrN3O5/c1-17(2,3)26-16(23)20-8-15(22)21-12-6-13(24-4)10(5-11(12)18)14-7-19-9-25-14/h5-7,9H,8H2,1-4H3,(H,20,23)(H,21,22). The summed E-state index contributed by atoms with van der Waals surface area (Å²) >= 11 is 3.40. The van der Waals surface area contributed by atoms with E-state index in [1.807, 2.05) is 0 Å². The summed E-state index contributed by atoms with van der Waals surface area (Å²) < 4.78 is 16.3. The molecule has 2 N–H and O–H groups in total. The van der Waals surface area contributed by atoms with E-state index in [9.17, 15) is 9.59 Å². The average molecular weight is 426 g/mol. The average Bonchev–Trinajstić information content (AvgIpc) is 3.07. The van der Waals surface area contributed by atoms with Gasteiger partial charge in [-0.05, 0) is 42.8 Å². The SMILES string of the molecule is COc1cc(NC(=O)CNC(=O)OC(C)(C)C)c(Br)cc1-c1cnco1. The summed E-state index contributed by atoms with van der Waals surface area (Å²) in [5.74, 6) is 0.624. The number of rotatable bonds is 5. The second-order valence-electron chi connectivity index (χ2n) is 6.30. The second kappa shape index (κ2) is 8.22. The van der Waals surface area contributed by atoms with Crippen molar-refractivity contribution in [3.05, 3.63) is 29.2 Å². The van der Waals surface area contributed by atoms with E-state index in [0.717, 1.165) is 0 Å². The topological polar surface area (TPSA) is 103 Å². The lowest BCUT2D eigenvalue weighted by atomic mass is 10.1. The van der Waals surface area contributed by atoms with Gasteiger partial charge in [0.15, 0.2) is 12.2 Å². The zero-order chi connectivity index (χ0) is 19.3. The van der Waals surface area contributed by atoms with Gasteiger partial charge in [-0.2, -0.15) is 0 Å². The van der Waals surface area contributed by atoms with Crippen molar-refractivity contribution in [2.24, 2.45) is 0 Å². The molecule has 0 fully saturated rings. The van der Waals surface area contributed by atoms with Crippen molar-refractivity contribution in [3.8, 4) is 17.1 Å². The van der Waals surface area contributed by atoms with Gasteiger partial charge in [-0.3, -0.25) is 4.79 Å². The molecule has 2 amide bonds. The molecular weight excluding hydrogens is 406 g/mol. The lowest BCUT2D eigenvalue weighted by Gasteiger charge is -2.19. The number of carbonyl (C=O) groups is 2. The number of nitrogens with zero attached hydrogens (tertiary/aromatic N) is 1. The van der Waals surface area contributed by atoms with Crippen molar-refractivity contribution in [1.82, 2.24) is 10.3 Å². The van der Waals surface area contributed by atoms with Gasteiger partial charge in [-0.15, -0.1) is 0 Å². The first-order valence-electron chi connectivity index (χ1n) is 7.72. The number of hydrogen-bond donors (Lipinski definition) is 2. The molecule has 1 heterocycles. The number of aromatic nitrogens is 1. The number of carbonyl (C=O) groups excluding carboxylic acids is 2. The first-order chi connectivity index (χ1) is 12.2. The van der Waals surface area contributed by atoms with Crippen molar-refractivity contribution in [3.63, 3.8) is 0 Å². The van der Waals surface area contributed by atoms with Gasteiger partial charge < -0.3 is 24.5 Å². The van der Waals surface area contributed by atoms with Crippen LogP contribution in [0.1, 0.15) is 20.8 Å². The van der Waals surface area contributed by atoms with Gasteiger partial charge in [-0.25, -0.2) is 9.78 Å². The summed E-state index contributed by atoms with van der Waals surface area (Å²) in [4.78, 5) is 27.6. The minimum absolute atomic E-state index is 0.229. The molecule has 0 spiro atoms. The summed E-state index contributed by atoms with van der Waals surface area (Å²) in [5.41, 5.74) is 0.538. The quantitative estimate of drug-likeness (QED) is 0.758. The lowest BCUT2D eigenvalue weighted by Crippen LogP contribution is -2.37. The lowest BCUT2D eigenvalue weighted by molar-refractivity contribution is -0.115. The van der Waals surface area contributed by atoms with Gasteiger partial charge in [0.05, 0.1) is 24.6 Å². The zero-order valence-electron chi connectivity index (χ0n) is 14.9. The Labute approximate surface area is 159 Å². The van der Waals surface area contributed by atoms with Crippen LogP contribution in [0, 0.1) is 0 Å². The first kappa shape index (κ1) is 19.8. The van der Waals surface area contributed by atoms with Crippen LogP contribution in [-0.2, 0) is 9.53 Å². The molecule has 2 aromatic rings. The van der Waals surface area contributed by atoms with E-state index in [-0.39, 0.29) is 6.54 Å². The molecule has 1 aromatic carbocycles. The third-order valence-electron chi connectivity index (χ3n) is 3.05. The number of benzene rings is 1.